The Morgan fingerprint density at radius 1 is 1.16 bits per heavy atom. The van der Waals surface area contributed by atoms with Gasteiger partial charge in [0.15, 0.2) is 0 Å². The Kier molecular flexibility index (Phi) is 9.32. The van der Waals surface area contributed by atoms with Crippen molar-refractivity contribution in [2.24, 2.45) is 22.2 Å². The summed E-state index contributed by atoms with van der Waals surface area (Å²) in [5.41, 5.74) is -0.636. The number of hydrogen-bond donors (Lipinski definition) is 3. The minimum Gasteiger partial charge on any atom is -0.325 e. The van der Waals surface area contributed by atoms with Gasteiger partial charge in [0.05, 0.1) is 22.5 Å². The van der Waals surface area contributed by atoms with Crippen LogP contribution in [0, 0.1) is 22.7 Å². The van der Waals surface area contributed by atoms with Gasteiger partial charge in [0.1, 0.15) is 5.82 Å². The molecule has 0 spiro atoms. The molecule has 0 aliphatic carbocycles. The molecule has 0 saturated carbocycles. The van der Waals surface area contributed by atoms with Gasteiger partial charge in [-0.3, -0.25) is 20.0 Å². The molecule has 234 valence electrons. The predicted octanol–water partition coefficient (Wildman–Crippen LogP) is 6.66. The summed E-state index contributed by atoms with van der Waals surface area (Å²) in [4.78, 5) is 35.0. The molecule has 4 heterocycles. The number of aryl methyl sites for hydroxylation is 1. The topological polar surface area (TPSA) is 107 Å². The molecule has 3 N–H and O–H groups in total. The number of pyridine rings is 1. The molecule has 0 bridgehead atoms. The number of nitrogens with one attached hydrogen (secondary N) is 3. The highest BCUT2D eigenvalue weighted by Crippen LogP contribution is 2.46. The third-order valence-corrected chi connectivity index (χ3v) is 9.14. The molecule has 43 heavy (non-hydrogen) atoms. The molecule has 0 radical (unpaired) electrons. The number of alkyl halides is 4. The van der Waals surface area contributed by atoms with Gasteiger partial charge >= 0.3 is 6.18 Å². The fourth-order valence-electron chi connectivity index (χ4n) is 6.25. The summed E-state index contributed by atoms with van der Waals surface area (Å²) in [5.74, 6) is -0.996. The van der Waals surface area contributed by atoms with Crippen molar-refractivity contribution in [1.29, 1.82) is 5.41 Å². The van der Waals surface area contributed by atoms with Crippen molar-refractivity contribution in [3.8, 4) is 0 Å². The number of carbonyl (C=O) groups excluding carboxylic acids is 2. The number of aromatic nitrogens is 1. The zero-order valence-electron chi connectivity index (χ0n) is 25.5. The summed E-state index contributed by atoms with van der Waals surface area (Å²) in [6, 6.07) is 1.89. The summed E-state index contributed by atoms with van der Waals surface area (Å²) in [6.45, 7) is 8.76. The van der Waals surface area contributed by atoms with E-state index in [1.165, 1.54) is 6.92 Å². The summed E-state index contributed by atoms with van der Waals surface area (Å²) >= 11 is 0. The van der Waals surface area contributed by atoms with E-state index in [2.05, 4.69) is 15.6 Å². The highest BCUT2D eigenvalue weighted by atomic mass is 19.4. The molecular formula is C32H41F4N5O2. The Hall–Kier alpha value is -3.37. The molecule has 1 aromatic rings. The van der Waals surface area contributed by atoms with Crippen LogP contribution in [0.4, 0.5) is 17.6 Å². The number of nitrogens with zero attached hydrogens (tertiary/aromatic N) is 2. The number of halogens is 4. The smallest absolute Gasteiger partial charge is 0.325 e. The fourth-order valence-corrected chi connectivity index (χ4v) is 6.25. The van der Waals surface area contributed by atoms with Gasteiger partial charge in [-0.25, -0.2) is 9.38 Å². The van der Waals surface area contributed by atoms with E-state index in [1.54, 1.807) is 13.1 Å². The van der Waals surface area contributed by atoms with E-state index in [1.807, 2.05) is 32.9 Å². The standard InChI is InChI=1S/C32H41F4N5O2/c1-6-10-19-13-21(22(38-17-19)14-18(7-2)11-12-31(33,9-4)32(34,35)36)26(37)27-20(8-3)15-23-25-28(41-27)40-24(42)16-30(25,5)29(43)39-23/h13,15,17-18,20,37H,6-12,14,16H2,1-5H3,(H,39,43)(H,40,42). The second-order valence-corrected chi connectivity index (χ2v) is 12.1. The van der Waals surface area contributed by atoms with Crippen molar-refractivity contribution in [3.05, 3.63) is 52.3 Å². The van der Waals surface area contributed by atoms with Crippen LogP contribution < -0.4 is 10.6 Å². The van der Waals surface area contributed by atoms with Gasteiger partial charge in [-0.05, 0) is 63.0 Å². The van der Waals surface area contributed by atoms with E-state index < -0.39 is 30.1 Å². The molecule has 4 atom stereocenters. The van der Waals surface area contributed by atoms with Crippen LogP contribution in [0.2, 0.25) is 0 Å². The Balaban J connectivity index is 1.74. The highest BCUT2D eigenvalue weighted by molar-refractivity contribution is 6.48. The largest absolute Gasteiger partial charge is 0.422 e. The summed E-state index contributed by atoms with van der Waals surface area (Å²) in [5, 5.41) is 15.1. The quantitative estimate of drug-likeness (QED) is 0.184. The Morgan fingerprint density at radius 3 is 2.49 bits per heavy atom. The summed E-state index contributed by atoms with van der Waals surface area (Å²) < 4.78 is 55.1. The van der Waals surface area contributed by atoms with Gasteiger partial charge in [0, 0.05) is 35.4 Å². The average Bonchev–Trinajstić information content (AvgIpc) is 3.09. The lowest BCUT2D eigenvalue weighted by Gasteiger charge is -2.28. The van der Waals surface area contributed by atoms with Crippen LogP contribution in [-0.2, 0) is 22.4 Å². The van der Waals surface area contributed by atoms with Crippen LogP contribution in [0.5, 0.6) is 0 Å². The third kappa shape index (κ3) is 6.17. The molecule has 1 fully saturated rings. The maximum absolute atomic E-state index is 14.8. The van der Waals surface area contributed by atoms with E-state index in [0.29, 0.717) is 41.1 Å². The monoisotopic (exact) mass is 603 g/mol. The maximum Gasteiger partial charge on any atom is 0.422 e. The first-order chi connectivity index (χ1) is 20.2. The number of allylic oxidation sites excluding steroid dienone is 2. The minimum absolute atomic E-state index is 0.00777. The van der Waals surface area contributed by atoms with E-state index in [-0.39, 0.29) is 54.4 Å². The number of rotatable bonds is 12. The Morgan fingerprint density at radius 2 is 1.88 bits per heavy atom. The van der Waals surface area contributed by atoms with Crippen molar-refractivity contribution in [2.45, 2.75) is 104 Å². The fraction of sp³-hybridized carbons (Fsp3) is 0.594. The molecule has 3 aliphatic rings. The lowest BCUT2D eigenvalue weighted by Crippen LogP contribution is -2.41. The Bertz CT molecular complexity index is 1400. The first kappa shape index (κ1) is 32.5. The van der Waals surface area contributed by atoms with Gasteiger partial charge in [-0.2, -0.15) is 13.2 Å². The molecule has 1 aromatic heterocycles. The van der Waals surface area contributed by atoms with Crippen molar-refractivity contribution in [3.63, 3.8) is 0 Å². The Labute approximate surface area is 250 Å². The molecule has 1 saturated heterocycles. The minimum atomic E-state index is -4.94. The molecule has 11 heteroatoms. The van der Waals surface area contributed by atoms with Gasteiger partial charge in [0.25, 0.3) is 0 Å². The molecule has 3 aliphatic heterocycles. The molecule has 0 aromatic carbocycles. The molecule has 7 nitrogen and oxygen atoms in total. The van der Waals surface area contributed by atoms with Gasteiger partial charge in [0.2, 0.25) is 17.5 Å². The van der Waals surface area contributed by atoms with E-state index in [9.17, 15) is 32.6 Å². The number of aliphatic imine (C=N–C) groups is 1. The normalized spacial score (nSPS) is 23.9. The van der Waals surface area contributed by atoms with Crippen LogP contribution in [0.25, 0.3) is 0 Å². The van der Waals surface area contributed by atoms with Crippen LogP contribution in [-0.4, -0.2) is 40.1 Å². The van der Waals surface area contributed by atoms with Crippen LogP contribution in [0.1, 0.15) is 96.4 Å². The summed E-state index contributed by atoms with van der Waals surface area (Å²) in [7, 11) is 0. The number of hydrogen-bond acceptors (Lipinski definition) is 5. The van der Waals surface area contributed by atoms with Gasteiger partial charge in [-0.15, -0.1) is 0 Å². The number of carbonyl (C=O) groups is 2. The first-order valence-corrected chi connectivity index (χ1v) is 15.2. The van der Waals surface area contributed by atoms with Crippen molar-refractivity contribution < 1.29 is 27.2 Å². The lowest BCUT2D eigenvalue weighted by molar-refractivity contribution is -0.234. The molecule has 4 unspecified atom stereocenters. The van der Waals surface area contributed by atoms with Crippen LogP contribution in [0.3, 0.4) is 0 Å². The van der Waals surface area contributed by atoms with Gasteiger partial charge < -0.3 is 10.6 Å². The predicted molar refractivity (Wildman–Crippen MR) is 157 cm³/mol. The van der Waals surface area contributed by atoms with E-state index >= 15 is 0 Å². The van der Waals surface area contributed by atoms with Crippen molar-refractivity contribution in [1.82, 2.24) is 15.6 Å². The van der Waals surface area contributed by atoms with E-state index in [0.717, 1.165) is 18.4 Å². The van der Waals surface area contributed by atoms with Gasteiger partial charge in [-0.1, -0.05) is 46.6 Å². The number of amides is 2. The highest BCUT2D eigenvalue weighted by Gasteiger charge is 2.54. The van der Waals surface area contributed by atoms with Crippen molar-refractivity contribution in [2.75, 3.05) is 0 Å². The maximum atomic E-state index is 14.8. The third-order valence-electron chi connectivity index (χ3n) is 9.14. The lowest BCUT2D eigenvalue weighted by atomic mass is 9.77. The van der Waals surface area contributed by atoms with Crippen LogP contribution >= 0.6 is 0 Å². The molecule has 2 amide bonds. The molecule has 4 rings (SSSR count). The second kappa shape index (κ2) is 12.3. The zero-order valence-corrected chi connectivity index (χ0v) is 25.5. The molecular weight excluding hydrogens is 562 g/mol. The van der Waals surface area contributed by atoms with Crippen LogP contribution in [0.15, 0.2) is 40.4 Å². The van der Waals surface area contributed by atoms with E-state index in [4.69, 9.17) is 4.99 Å². The average molecular weight is 604 g/mol. The second-order valence-electron chi connectivity index (χ2n) is 12.1. The zero-order chi connectivity index (χ0) is 31.7. The van der Waals surface area contributed by atoms with Crippen molar-refractivity contribution >= 4 is 23.2 Å². The SMILES string of the molecule is CCCc1cnc(CC(CC)CCC(F)(CC)C(F)(F)F)c(C(=N)C2=NC3=C4C(=CC2CC)NC(=O)C4(C)CC(=O)N3)c1. The first-order valence-electron chi connectivity index (χ1n) is 15.2. The summed E-state index contributed by atoms with van der Waals surface area (Å²) in [6.07, 6.45) is 0.357.